The highest BCUT2D eigenvalue weighted by molar-refractivity contribution is 7.85. The first-order valence-corrected chi connectivity index (χ1v) is 16.8. The summed E-state index contributed by atoms with van der Waals surface area (Å²) in [6.07, 6.45) is 0.944. The highest BCUT2D eigenvalue weighted by atomic mass is 32.2. The summed E-state index contributed by atoms with van der Waals surface area (Å²) >= 11 is 0. The lowest BCUT2D eigenvalue weighted by atomic mass is 10.2. The summed E-state index contributed by atoms with van der Waals surface area (Å²) < 4.78 is 64.6. The van der Waals surface area contributed by atoms with Gasteiger partial charge >= 0.3 is 0 Å². The lowest BCUT2D eigenvalue weighted by Gasteiger charge is -2.36. The van der Waals surface area contributed by atoms with Crippen LogP contribution in [0.4, 0.5) is 0 Å². The standard InChI is InChI=1S/C14H30O4Si.C9H18O6S/c1-13(2,3)19(6,7)17-9-8-15-10-12-11-16-14(4,5)18-12;1-9(2)13-7-8(15-9)6-12-4-5-14-16(3,10)11/h12H,8-11H2,1-7H3;8H,4-7H2,1-3H3. The van der Waals surface area contributed by atoms with Gasteiger partial charge in [0, 0.05) is 0 Å². The molecule has 0 radical (unpaired) electrons. The highest BCUT2D eigenvalue weighted by Gasteiger charge is 2.37. The van der Waals surface area contributed by atoms with E-state index in [-0.39, 0.29) is 30.5 Å². The lowest BCUT2D eigenvalue weighted by molar-refractivity contribution is -0.145. The zero-order chi connectivity index (χ0) is 27.0. The van der Waals surface area contributed by atoms with Crippen molar-refractivity contribution in [2.24, 2.45) is 0 Å². The zero-order valence-electron chi connectivity index (χ0n) is 23.3. The summed E-state index contributed by atoms with van der Waals surface area (Å²) in [6, 6.07) is 0. The molecule has 0 amide bonds. The summed E-state index contributed by atoms with van der Waals surface area (Å²) in [5, 5.41) is 0.249. The normalized spacial score (nSPS) is 24.3. The van der Waals surface area contributed by atoms with Crippen molar-refractivity contribution in [1.82, 2.24) is 0 Å². The molecule has 0 saturated carbocycles. The van der Waals surface area contributed by atoms with Crippen molar-refractivity contribution < 1.29 is 45.4 Å². The Labute approximate surface area is 213 Å². The van der Waals surface area contributed by atoms with Crippen LogP contribution in [0.15, 0.2) is 0 Å². The number of rotatable bonds is 12. The zero-order valence-corrected chi connectivity index (χ0v) is 25.1. The highest BCUT2D eigenvalue weighted by Crippen LogP contribution is 2.36. The van der Waals surface area contributed by atoms with E-state index in [0.29, 0.717) is 39.6 Å². The Hall–Kier alpha value is -0.153. The molecule has 0 aliphatic carbocycles. The van der Waals surface area contributed by atoms with Gasteiger partial charge in [0.15, 0.2) is 19.9 Å². The van der Waals surface area contributed by atoms with Gasteiger partial charge in [-0.15, -0.1) is 0 Å². The van der Waals surface area contributed by atoms with Crippen molar-refractivity contribution in [3.8, 4) is 0 Å². The Morgan fingerprint density at radius 2 is 1.26 bits per heavy atom. The molecule has 2 aliphatic heterocycles. The third kappa shape index (κ3) is 14.4. The van der Waals surface area contributed by atoms with Crippen molar-refractivity contribution in [1.29, 1.82) is 0 Å². The van der Waals surface area contributed by atoms with Crippen LogP contribution in [0.5, 0.6) is 0 Å². The molecule has 12 heteroatoms. The molecule has 2 saturated heterocycles. The minimum Gasteiger partial charge on any atom is -0.414 e. The monoisotopic (exact) mass is 544 g/mol. The minimum absolute atomic E-state index is 0.0236. The van der Waals surface area contributed by atoms with E-state index < -0.39 is 30.0 Å². The van der Waals surface area contributed by atoms with Crippen molar-refractivity contribution in [2.45, 2.75) is 90.4 Å². The van der Waals surface area contributed by atoms with Gasteiger partial charge in [0.2, 0.25) is 0 Å². The largest absolute Gasteiger partial charge is 0.414 e. The molecule has 2 aliphatic rings. The lowest BCUT2D eigenvalue weighted by Crippen LogP contribution is -2.41. The molecule has 10 nitrogen and oxygen atoms in total. The molecule has 2 fully saturated rings. The number of hydrogen-bond donors (Lipinski definition) is 0. The van der Waals surface area contributed by atoms with Crippen molar-refractivity contribution in [2.75, 3.05) is 59.1 Å². The maximum absolute atomic E-state index is 10.6. The molecule has 35 heavy (non-hydrogen) atoms. The van der Waals surface area contributed by atoms with Crippen LogP contribution >= 0.6 is 0 Å². The van der Waals surface area contributed by atoms with E-state index in [1.54, 1.807) is 0 Å². The van der Waals surface area contributed by atoms with Gasteiger partial charge in [-0.05, 0) is 45.8 Å². The summed E-state index contributed by atoms with van der Waals surface area (Å²) in [5.41, 5.74) is 0. The smallest absolute Gasteiger partial charge is 0.264 e. The van der Waals surface area contributed by atoms with Crippen molar-refractivity contribution in [3.05, 3.63) is 0 Å². The summed E-state index contributed by atoms with van der Waals surface area (Å²) in [6.45, 7) is 22.3. The Balaban J connectivity index is 0.000000355. The van der Waals surface area contributed by atoms with Crippen molar-refractivity contribution in [3.63, 3.8) is 0 Å². The maximum atomic E-state index is 10.6. The molecule has 2 heterocycles. The molecule has 0 aromatic carbocycles. The third-order valence-corrected chi connectivity index (χ3v) is 10.9. The summed E-state index contributed by atoms with van der Waals surface area (Å²) in [5.74, 6) is -1.02. The van der Waals surface area contributed by atoms with Crippen LogP contribution in [0.25, 0.3) is 0 Å². The van der Waals surface area contributed by atoms with Gasteiger partial charge in [-0.1, -0.05) is 20.8 Å². The van der Waals surface area contributed by atoms with E-state index in [0.717, 1.165) is 6.26 Å². The van der Waals surface area contributed by atoms with E-state index in [9.17, 15) is 8.42 Å². The van der Waals surface area contributed by atoms with Crippen LogP contribution in [0.1, 0.15) is 48.5 Å². The van der Waals surface area contributed by atoms with Crippen LogP contribution in [-0.4, -0.2) is 99.6 Å². The fourth-order valence-electron chi connectivity index (χ4n) is 2.94. The molecule has 0 aromatic heterocycles. The van der Waals surface area contributed by atoms with Gasteiger partial charge in [-0.3, -0.25) is 4.18 Å². The third-order valence-electron chi connectivity index (χ3n) is 5.76. The van der Waals surface area contributed by atoms with Crippen LogP contribution in [0.3, 0.4) is 0 Å². The van der Waals surface area contributed by atoms with Gasteiger partial charge in [0.1, 0.15) is 12.2 Å². The maximum Gasteiger partial charge on any atom is 0.264 e. The Morgan fingerprint density at radius 3 is 1.60 bits per heavy atom. The number of hydrogen-bond acceptors (Lipinski definition) is 10. The van der Waals surface area contributed by atoms with Crippen LogP contribution in [-0.2, 0) is 47.1 Å². The summed E-state index contributed by atoms with van der Waals surface area (Å²) in [4.78, 5) is 0. The fourth-order valence-corrected chi connectivity index (χ4v) is 4.33. The van der Waals surface area contributed by atoms with E-state index in [1.807, 2.05) is 27.7 Å². The molecule has 2 atom stereocenters. The minimum atomic E-state index is -3.38. The molecule has 2 rings (SSSR count). The van der Waals surface area contributed by atoms with Crippen LogP contribution in [0.2, 0.25) is 18.1 Å². The number of ether oxygens (including phenoxy) is 6. The average Bonchev–Trinajstić information content (AvgIpc) is 3.20. The topological polar surface area (TPSA) is 108 Å². The van der Waals surface area contributed by atoms with E-state index in [4.69, 9.17) is 32.8 Å². The quantitative estimate of drug-likeness (QED) is 0.206. The molecule has 0 bridgehead atoms. The van der Waals surface area contributed by atoms with E-state index in [1.165, 1.54) is 0 Å². The van der Waals surface area contributed by atoms with E-state index >= 15 is 0 Å². The second-order valence-corrected chi connectivity index (χ2v) is 17.6. The van der Waals surface area contributed by atoms with Gasteiger partial charge in [-0.25, -0.2) is 0 Å². The first kappa shape index (κ1) is 32.9. The second kappa shape index (κ2) is 13.6. The molecular weight excluding hydrogens is 496 g/mol. The van der Waals surface area contributed by atoms with Crippen LogP contribution in [0, 0.1) is 0 Å². The first-order chi connectivity index (χ1) is 15.8. The summed E-state index contributed by atoms with van der Waals surface area (Å²) in [7, 11) is -5.02. The van der Waals surface area contributed by atoms with Gasteiger partial charge in [0.05, 0.1) is 59.1 Å². The molecule has 2 unspecified atom stereocenters. The van der Waals surface area contributed by atoms with Gasteiger partial charge < -0.3 is 32.8 Å². The predicted molar refractivity (Wildman–Crippen MR) is 135 cm³/mol. The van der Waals surface area contributed by atoms with Gasteiger partial charge in [0.25, 0.3) is 10.1 Å². The Bertz CT molecular complexity index is 718. The fraction of sp³-hybridized carbons (Fsp3) is 1.00. The predicted octanol–water partition coefficient (Wildman–Crippen LogP) is 3.31. The molecule has 0 spiro atoms. The van der Waals surface area contributed by atoms with E-state index in [2.05, 4.69) is 38.0 Å². The van der Waals surface area contributed by atoms with Crippen molar-refractivity contribution >= 4 is 18.4 Å². The first-order valence-electron chi connectivity index (χ1n) is 12.1. The molecule has 210 valence electrons. The molecule has 0 N–H and O–H groups in total. The van der Waals surface area contributed by atoms with Crippen LogP contribution < -0.4 is 0 Å². The van der Waals surface area contributed by atoms with Gasteiger partial charge in [-0.2, -0.15) is 8.42 Å². The second-order valence-electron chi connectivity index (χ2n) is 11.2. The molecule has 0 aromatic rings. The Kier molecular flexibility index (Phi) is 12.8. The Morgan fingerprint density at radius 1 is 0.829 bits per heavy atom. The average molecular weight is 545 g/mol. The SMILES string of the molecule is CC1(C)OCC(COCCOS(C)(=O)=O)O1.CC1(C)OCC(COCCO[Si](C)(C)C(C)(C)C)O1. The molecular formula is C23H48O10SSi.